The van der Waals surface area contributed by atoms with E-state index in [0.717, 1.165) is 56.7 Å². The second-order valence-electron chi connectivity index (χ2n) is 7.93. The van der Waals surface area contributed by atoms with Gasteiger partial charge in [0.1, 0.15) is 12.1 Å². The molecule has 1 aromatic heterocycles. The smallest absolute Gasteiger partial charge is 0.140 e. The van der Waals surface area contributed by atoms with Gasteiger partial charge in [-0.3, -0.25) is 0 Å². The number of hydrogen-bond donors (Lipinski definition) is 1. The van der Waals surface area contributed by atoms with Gasteiger partial charge >= 0.3 is 0 Å². The fourth-order valence-corrected chi connectivity index (χ4v) is 5.22. The van der Waals surface area contributed by atoms with Crippen LogP contribution in [0.3, 0.4) is 0 Å². The van der Waals surface area contributed by atoms with Crippen LogP contribution in [0.5, 0.6) is 0 Å². The summed E-state index contributed by atoms with van der Waals surface area (Å²) in [6.07, 6.45) is 6.04. The Labute approximate surface area is 154 Å². The molecule has 1 N–H and O–H groups in total. The number of piperidine rings is 1. The Balaban J connectivity index is 1.70. The van der Waals surface area contributed by atoms with E-state index in [-0.39, 0.29) is 5.41 Å². The molecule has 3 aliphatic rings. The molecule has 1 saturated heterocycles. The molecule has 1 spiro atoms. The van der Waals surface area contributed by atoms with Crippen molar-refractivity contribution in [3.63, 3.8) is 0 Å². The number of anilines is 2. The fourth-order valence-electron chi connectivity index (χ4n) is 5.22. The number of hydrogen-bond acceptors (Lipinski definition) is 5. The summed E-state index contributed by atoms with van der Waals surface area (Å²) in [6, 6.07) is 8.60. The average molecular weight is 345 g/mol. The Morgan fingerprint density at radius 1 is 1.27 bits per heavy atom. The van der Waals surface area contributed by atoms with Gasteiger partial charge in [0, 0.05) is 34.5 Å². The van der Waals surface area contributed by atoms with Crippen molar-refractivity contribution >= 4 is 11.5 Å². The van der Waals surface area contributed by atoms with Crippen LogP contribution in [0.1, 0.15) is 54.5 Å². The standard InChI is InChI=1S/C21H23N5/c1-14-5-6-16-18(14)20(25-13-24-16)26-12-21(7-9-23-10-8-21)19-15(11-22)3-2-4-17(19)26/h2-4,13-14,23H,5-10,12H2,1H3/t14-/m1/s1. The van der Waals surface area contributed by atoms with Gasteiger partial charge in [-0.25, -0.2) is 9.97 Å². The molecule has 2 aromatic rings. The van der Waals surface area contributed by atoms with Gasteiger partial charge in [-0.05, 0) is 56.8 Å². The summed E-state index contributed by atoms with van der Waals surface area (Å²) >= 11 is 0. The van der Waals surface area contributed by atoms with E-state index in [4.69, 9.17) is 4.98 Å². The van der Waals surface area contributed by atoms with E-state index in [9.17, 15) is 5.26 Å². The zero-order chi connectivity index (χ0) is 17.7. The lowest BCUT2D eigenvalue weighted by Crippen LogP contribution is -2.42. The molecule has 1 aromatic carbocycles. The number of aromatic nitrogens is 2. The summed E-state index contributed by atoms with van der Waals surface area (Å²) in [4.78, 5) is 11.6. The molecule has 0 amide bonds. The summed E-state index contributed by atoms with van der Waals surface area (Å²) < 4.78 is 0. The highest BCUT2D eigenvalue weighted by molar-refractivity contribution is 5.76. The average Bonchev–Trinajstić information content (AvgIpc) is 3.22. The first kappa shape index (κ1) is 15.8. The lowest BCUT2D eigenvalue weighted by atomic mass is 9.73. The van der Waals surface area contributed by atoms with Gasteiger partial charge in [-0.1, -0.05) is 13.0 Å². The molecular weight excluding hydrogens is 322 g/mol. The Bertz CT molecular complexity index is 907. The van der Waals surface area contributed by atoms with Crippen molar-refractivity contribution in [1.29, 1.82) is 5.26 Å². The maximum absolute atomic E-state index is 9.76. The second kappa shape index (κ2) is 5.78. The summed E-state index contributed by atoms with van der Waals surface area (Å²) in [5.74, 6) is 1.56. The van der Waals surface area contributed by atoms with Crippen LogP contribution in [-0.2, 0) is 11.8 Å². The minimum absolute atomic E-state index is 0.0482. The molecular formula is C21H23N5. The number of benzene rings is 1. The molecule has 0 saturated carbocycles. The van der Waals surface area contributed by atoms with Crippen LogP contribution in [0.2, 0.25) is 0 Å². The van der Waals surface area contributed by atoms with E-state index < -0.39 is 0 Å². The topological polar surface area (TPSA) is 64.8 Å². The van der Waals surface area contributed by atoms with Crippen LogP contribution in [0.4, 0.5) is 11.5 Å². The van der Waals surface area contributed by atoms with Gasteiger partial charge in [-0.2, -0.15) is 5.26 Å². The third-order valence-corrected chi connectivity index (χ3v) is 6.51. The normalized spacial score (nSPS) is 22.9. The number of nitriles is 1. The zero-order valence-electron chi connectivity index (χ0n) is 15.1. The molecule has 26 heavy (non-hydrogen) atoms. The maximum Gasteiger partial charge on any atom is 0.140 e. The minimum atomic E-state index is 0.0482. The van der Waals surface area contributed by atoms with E-state index in [1.54, 1.807) is 6.33 Å². The van der Waals surface area contributed by atoms with Gasteiger partial charge in [0.2, 0.25) is 0 Å². The van der Waals surface area contributed by atoms with Crippen molar-refractivity contribution in [2.75, 3.05) is 24.5 Å². The van der Waals surface area contributed by atoms with Gasteiger partial charge in [-0.15, -0.1) is 0 Å². The van der Waals surface area contributed by atoms with E-state index in [0.29, 0.717) is 5.92 Å². The van der Waals surface area contributed by atoms with Gasteiger partial charge in [0.25, 0.3) is 0 Å². The largest absolute Gasteiger partial charge is 0.325 e. The predicted molar refractivity (Wildman–Crippen MR) is 101 cm³/mol. The molecule has 5 heteroatoms. The van der Waals surface area contributed by atoms with Crippen molar-refractivity contribution in [2.45, 2.75) is 43.9 Å². The number of nitrogens with one attached hydrogen (secondary N) is 1. The molecule has 1 atom stereocenters. The van der Waals surface area contributed by atoms with Crippen molar-refractivity contribution in [3.05, 3.63) is 46.9 Å². The third-order valence-electron chi connectivity index (χ3n) is 6.51. The van der Waals surface area contributed by atoms with Crippen molar-refractivity contribution in [3.8, 4) is 6.07 Å². The van der Waals surface area contributed by atoms with E-state index >= 15 is 0 Å². The van der Waals surface area contributed by atoms with E-state index in [1.807, 2.05) is 12.1 Å². The van der Waals surface area contributed by atoms with Gasteiger partial charge in [0.05, 0.1) is 11.6 Å². The van der Waals surface area contributed by atoms with E-state index in [1.165, 1.54) is 22.5 Å². The summed E-state index contributed by atoms with van der Waals surface area (Å²) in [5.41, 5.74) is 5.80. The lowest BCUT2D eigenvalue weighted by Gasteiger charge is -2.35. The number of nitrogens with zero attached hydrogens (tertiary/aromatic N) is 4. The van der Waals surface area contributed by atoms with Crippen molar-refractivity contribution < 1.29 is 0 Å². The SMILES string of the molecule is C[C@@H]1CCc2ncnc(N3CC4(CCNCC4)c4c(C#N)cccc43)c21. The minimum Gasteiger partial charge on any atom is -0.325 e. The number of fused-ring (bicyclic) bond motifs is 3. The molecule has 2 aliphatic heterocycles. The summed E-state index contributed by atoms with van der Waals surface area (Å²) in [7, 11) is 0. The predicted octanol–water partition coefficient (Wildman–Crippen LogP) is 3.17. The van der Waals surface area contributed by atoms with Crippen LogP contribution >= 0.6 is 0 Å². The van der Waals surface area contributed by atoms with Crippen molar-refractivity contribution in [2.24, 2.45) is 0 Å². The Morgan fingerprint density at radius 2 is 2.12 bits per heavy atom. The molecule has 0 bridgehead atoms. The molecule has 3 heterocycles. The highest BCUT2D eigenvalue weighted by Gasteiger charge is 2.46. The Kier molecular flexibility index (Phi) is 3.51. The molecule has 1 aliphatic carbocycles. The summed E-state index contributed by atoms with van der Waals surface area (Å²) in [6.45, 7) is 5.21. The first-order valence-electron chi connectivity index (χ1n) is 9.59. The second-order valence-corrected chi connectivity index (χ2v) is 7.93. The lowest BCUT2D eigenvalue weighted by molar-refractivity contribution is 0.328. The molecule has 5 rings (SSSR count). The highest BCUT2D eigenvalue weighted by Crippen LogP contribution is 2.51. The van der Waals surface area contributed by atoms with Crippen LogP contribution in [0, 0.1) is 11.3 Å². The molecule has 0 unspecified atom stereocenters. The Morgan fingerprint density at radius 3 is 2.92 bits per heavy atom. The van der Waals surface area contributed by atoms with Crippen LogP contribution in [0.15, 0.2) is 24.5 Å². The molecule has 0 radical (unpaired) electrons. The molecule has 5 nitrogen and oxygen atoms in total. The summed E-state index contributed by atoms with van der Waals surface area (Å²) in [5, 5.41) is 13.2. The van der Waals surface area contributed by atoms with Gasteiger partial charge < -0.3 is 10.2 Å². The zero-order valence-corrected chi connectivity index (χ0v) is 15.1. The fraction of sp³-hybridized carbons (Fsp3) is 0.476. The first-order valence-corrected chi connectivity index (χ1v) is 9.59. The molecule has 132 valence electrons. The molecule has 1 fully saturated rings. The highest BCUT2D eigenvalue weighted by atomic mass is 15.2. The van der Waals surface area contributed by atoms with Crippen LogP contribution in [-0.4, -0.2) is 29.6 Å². The van der Waals surface area contributed by atoms with Crippen LogP contribution in [0.25, 0.3) is 0 Å². The Hall–Kier alpha value is -2.45. The maximum atomic E-state index is 9.76. The van der Waals surface area contributed by atoms with Gasteiger partial charge in [0.15, 0.2) is 0 Å². The third kappa shape index (κ3) is 2.12. The number of rotatable bonds is 1. The quantitative estimate of drug-likeness (QED) is 0.860. The number of aryl methyl sites for hydroxylation is 1. The van der Waals surface area contributed by atoms with Crippen LogP contribution < -0.4 is 10.2 Å². The monoisotopic (exact) mass is 345 g/mol. The first-order chi connectivity index (χ1) is 12.7. The van der Waals surface area contributed by atoms with Crippen molar-refractivity contribution in [1.82, 2.24) is 15.3 Å². The van der Waals surface area contributed by atoms with E-state index in [2.05, 4.69) is 34.3 Å².